The minimum atomic E-state index is -3.53. The molecule has 1 spiro atoms. The van der Waals surface area contributed by atoms with Crippen LogP contribution in [0.25, 0.3) is 6.08 Å². The second-order valence-corrected chi connectivity index (χ2v) is 13.4. The molecule has 6 atom stereocenters. The number of hydrogen-bond donors (Lipinski definition) is 0. The number of β-lactam (4-membered cyclic amide) rings is 1. The Balaban J connectivity index is 1.39. The highest BCUT2D eigenvalue weighted by atomic mass is 32.2. The predicted octanol–water partition coefficient (Wildman–Crippen LogP) is 4.88. The number of nitrogens with zero attached hydrogens (tertiary/aromatic N) is 2. The molecular weight excluding hydrogens is 456 g/mol. The highest BCUT2D eigenvalue weighted by molar-refractivity contribution is 7.89. The maximum atomic E-state index is 13.8. The van der Waals surface area contributed by atoms with Gasteiger partial charge < -0.3 is 4.90 Å². The van der Waals surface area contributed by atoms with E-state index < -0.39 is 16.1 Å². The highest BCUT2D eigenvalue weighted by Gasteiger charge is 2.74. The van der Waals surface area contributed by atoms with Gasteiger partial charge in [-0.05, 0) is 48.6 Å². The summed E-state index contributed by atoms with van der Waals surface area (Å²) >= 11 is 0. The van der Waals surface area contributed by atoms with Crippen molar-refractivity contribution in [1.29, 1.82) is 0 Å². The van der Waals surface area contributed by atoms with Gasteiger partial charge in [-0.15, -0.1) is 0 Å². The topological polar surface area (TPSA) is 57.7 Å². The SMILES string of the molecule is CC(c1ccccc1)N1C(=O)C(N2C3CC4CCC3(CS2(=O)=O)C4(C)C)C1/C=C/c1ccccc1. The van der Waals surface area contributed by atoms with E-state index in [1.54, 1.807) is 4.31 Å². The minimum absolute atomic E-state index is 0.0152. The summed E-state index contributed by atoms with van der Waals surface area (Å²) in [7, 11) is -3.53. The van der Waals surface area contributed by atoms with E-state index in [4.69, 9.17) is 0 Å². The Bertz CT molecular complexity index is 1270. The van der Waals surface area contributed by atoms with Crippen LogP contribution in [-0.2, 0) is 14.8 Å². The largest absolute Gasteiger partial charge is 0.326 e. The monoisotopic (exact) mass is 490 g/mol. The summed E-state index contributed by atoms with van der Waals surface area (Å²) in [6.07, 6.45) is 6.98. The van der Waals surface area contributed by atoms with E-state index in [2.05, 4.69) is 13.8 Å². The second kappa shape index (κ2) is 7.78. The van der Waals surface area contributed by atoms with Gasteiger partial charge in [0, 0.05) is 11.5 Å². The average molecular weight is 491 g/mol. The molecule has 6 rings (SSSR count). The molecule has 1 amide bonds. The molecule has 2 bridgehead atoms. The molecular formula is C29H34N2O3S. The normalized spacial score (nSPS) is 35.9. The Hall–Kier alpha value is -2.44. The Morgan fingerprint density at radius 3 is 2.34 bits per heavy atom. The van der Waals surface area contributed by atoms with Gasteiger partial charge in [0.25, 0.3) is 0 Å². The molecule has 0 radical (unpaired) electrons. The molecule has 2 heterocycles. The molecule has 35 heavy (non-hydrogen) atoms. The third-order valence-corrected chi connectivity index (χ3v) is 11.9. The van der Waals surface area contributed by atoms with Gasteiger partial charge in [0.05, 0.1) is 17.8 Å². The van der Waals surface area contributed by atoms with E-state index in [1.165, 1.54) is 0 Å². The lowest BCUT2D eigenvalue weighted by atomic mass is 9.68. The van der Waals surface area contributed by atoms with Crippen LogP contribution in [0.3, 0.4) is 0 Å². The molecule has 4 aliphatic rings. The molecule has 2 aliphatic heterocycles. The Morgan fingerprint density at radius 1 is 1.03 bits per heavy atom. The maximum absolute atomic E-state index is 13.8. The van der Waals surface area contributed by atoms with Crippen LogP contribution in [0.5, 0.6) is 0 Å². The first kappa shape index (κ1) is 23.0. The summed E-state index contributed by atoms with van der Waals surface area (Å²) in [4.78, 5) is 15.7. The lowest BCUT2D eigenvalue weighted by Gasteiger charge is -2.53. The summed E-state index contributed by atoms with van der Waals surface area (Å²) in [5.41, 5.74) is 1.84. The van der Waals surface area contributed by atoms with E-state index in [-0.39, 0.29) is 40.6 Å². The fourth-order valence-corrected chi connectivity index (χ4v) is 10.5. The van der Waals surface area contributed by atoms with Crippen molar-refractivity contribution in [1.82, 2.24) is 9.21 Å². The van der Waals surface area contributed by atoms with Crippen LogP contribution >= 0.6 is 0 Å². The smallest absolute Gasteiger partial charge is 0.244 e. The number of likely N-dealkylation sites (tertiary alicyclic amines) is 1. The Kier molecular flexibility index (Phi) is 5.11. The molecule has 2 aromatic rings. The summed E-state index contributed by atoms with van der Waals surface area (Å²) in [5, 5.41) is 0. The molecule has 5 nitrogen and oxygen atoms in total. The molecule has 0 aromatic heterocycles. The van der Waals surface area contributed by atoms with Crippen molar-refractivity contribution in [3.8, 4) is 0 Å². The third-order valence-electron chi connectivity index (χ3n) is 9.87. The van der Waals surface area contributed by atoms with Crippen molar-refractivity contribution < 1.29 is 13.2 Å². The van der Waals surface area contributed by atoms with E-state index in [9.17, 15) is 13.2 Å². The third kappa shape index (κ3) is 3.15. The van der Waals surface area contributed by atoms with E-state index in [0.717, 1.165) is 30.4 Å². The molecule has 2 aromatic carbocycles. The van der Waals surface area contributed by atoms with E-state index in [1.807, 2.05) is 84.6 Å². The number of hydrogen-bond acceptors (Lipinski definition) is 3. The second-order valence-electron chi connectivity index (χ2n) is 11.5. The number of fused-ring (bicyclic) bond motifs is 1. The van der Waals surface area contributed by atoms with Crippen molar-refractivity contribution in [3.05, 3.63) is 77.9 Å². The van der Waals surface area contributed by atoms with Gasteiger partial charge in [0.1, 0.15) is 6.04 Å². The number of carbonyl (C=O) groups excluding carboxylic acids is 1. The number of benzene rings is 2. The molecule has 6 heteroatoms. The first-order chi connectivity index (χ1) is 16.7. The Labute approximate surface area is 208 Å². The summed E-state index contributed by atoms with van der Waals surface area (Å²) in [5.74, 6) is 0.630. The first-order valence-electron chi connectivity index (χ1n) is 12.8. The quantitative estimate of drug-likeness (QED) is 0.562. The summed E-state index contributed by atoms with van der Waals surface area (Å²) < 4.78 is 29.1. The van der Waals surface area contributed by atoms with Crippen LogP contribution in [0, 0.1) is 16.7 Å². The lowest BCUT2D eigenvalue weighted by Crippen LogP contribution is -2.71. The van der Waals surface area contributed by atoms with Crippen molar-refractivity contribution in [2.45, 2.75) is 64.2 Å². The number of amides is 1. The van der Waals surface area contributed by atoms with Gasteiger partial charge in [-0.3, -0.25) is 4.79 Å². The van der Waals surface area contributed by atoms with Gasteiger partial charge in [-0.2, -0.15) is 4.31 Å². The van der Waals surface area contributed by atoms with Crippen LogP contribution in [-0.4, -0.2) is 47.4 Å². The first-order valence-corrected chi connectivity index (χ1v) is 14.4. The van der Waals surface area contributed by atoms with E-state index >= 15 is 0 Å². The van der Waals surface area contributed by atoms with Crippen LogP contribution in [0.2, 0.25) is 0 Å². The van der Waals surface area contributed by atoms with Gasteiger partial charge in [0.2, 0.25) is 15.9 Å². The van der Waals surface area contributed by atoms with Crippen LogP contribution in [0.1, 0.15) is 57.2 Å². The fraction of sp³-hybridized carbons (Fsp3) is 0.483. The van der Waals surface area contributed by atoms with Gasteiger partial charge in [0.15, 0.2) is 0 Å². The number of carbonyl (C=O) groups is 1. The maximum Gasteiger partial charge on any atom is 0.244 e. The van der Waals surface area contributed by atoms with Crippen molar-refractivity contribution in [2.75, 3.05) is 5.75 Å². The van der Waals surface area contributed by atoms with Crippen molar-refractivity contribution in [3.63, 3.8) is 0 Å². The number of rotatable bonds is 5. The zero-order valence-corrected chi connectivity index (χ0v) is 21.5. The van der Waals surface area contributed by atoms with Gasteiger partial charge in [-0.1, -0.05) is 86.7 Å². The van der Waals surface area contributed by atoms with Crippen LogP contribution < -0.4 is 0 Å². The predicted molar refractivity (Wildman–Crippen MR) is 138 cm³/mol. The van der Waals surface area contributed by atoms with Gasteiger partial charge in [-0.25, -0.2) is 8.42 Å². The van der Waals surface area contributed by atoms with Crippen molar-refractivity contribution in [2.24, 2.45) is 16.7 Å². The van der Waals surface area contributed by atoms with Crippen LogP contribution in [0.15, 0.2) is 66.7 Å². The van der Waals surface area contributed by atoms with E-state index in [0.29, 0.717) is 5.92 Å². The van der Waals surface area contributed by atoms with Crippen molar-refractivity contribution >= 4 is 22.0 Å². The Morgan fingerprint density at radius 2 is 1.69 bits per heavy atom. The van der Waals surface area contributed by atoms with Gasteiger partial charge >= 0.3 is 0 Å². The molecule has 6 unspecified atom stereocenters. The molecule has 0 N–H and O–H groups in total. The lowest BCUT2D eigenvalue weighted by molar-refractivity contribution is -0.158. The molecule has 184 valence electrons. The summed E-state index contributed by atoms with van der Waals surface area (Å²) in [6, 6.07) is 18.8. The minimum Gasteiger partial charge on any atom is -0.326 e. The highest BCUT2D eigenvalue weighted by Crippen LogP contribution is 2.70. The summed E-state index contributed by atoms with van der Waals surface area (Å²) in [6.45, 7) is 6.54. The molecule has 2 aliphatic carbocycles. The zero-order chi connectivity index (χ0) is 24.6. The average Bonchev–Trinajstić information content (AvgIpc) is 3.32. The zero-order valence-electron chi connectivity index (χ0n) is 20.7. The van der Waals surface area contributed by atoms with Crippen LogP contribution in [0.4, 0.5) is 0 Å². The fourth-order valence-electron chi connectivity index (χ4n) is 7.78. The molecule has 2 saturated heterocycles. The molecule has 2 saturated carbocycles. The standard InChI is InChI=1S/C29H34N2O3S/c1-20(22-12-8-5-9-13-22)30-24(15-14-21-10-6-4-7-11-21)26(27(30)32)31-25-18-23-16-17-29(25,28(23,2)3)19-35(31,33)34/h4-15,20,23-26H,16-19H2,1-3H3/b15-14+. The number of sulfonamides is 1. The molecule has 4 fully saturated rings.